The maximum absolute atomic E-state index is 11.8. The average molecular weight is 288 g/mol. The van der Waals surface area contributed by atoms with Crippen molar-refractivity contribution in [3.8, 4) is 6.01 Å². The number of hydrogen-bond donors (Lipinski definition) is 2. The number of carbonyl (C=O) groups excluding carboxylic acids is 1. The molecule has 0 fully saturated rings. The minimum Gasteiger partial charge on any atom is -0.375 e. The monoisotopic (exact) mass is 288 g/mol. The highest BCUT2D eigenvalue weighted by molar-refractivity contribution is 5.80. The van der Waals surface area contributed by atoms with E-state index in [0.29, 0.717) is 0 Å². The molecule has 2 heterocycles. The highest BCUT2D eigenvalue weighted by atomic mass is 16.6. The van der Waals surface area contributed by atoms with Gasteiger partial charge in [0.15, 0.2) is 0 Å². The third-order valence-electron chi connectivity index (χ3n) is 3.46. The van der Waals surface area contributed by atoms with Crippen molar-refractivity contribution in [1.29, 1.82) is 0 Å². The fourth-order valence-electron chi connectivity index (χ4n) is 2.60. The number of carbonyl (C=O) groups is 1. The molecule has 0 aromatic carbocycles. The summed E-state index contributed by atoms with van der Waals surface area (Å²) in [6.45, 7) is 5.69. The second-order valence-electron chi connectivity index (χ2n) is 6.46. The topological polar surface area (TPSA) is 79.9 Å². The van der Waals surface area contributed by atoms with Gasteiger partial charge in [0.2, 0.25) is 0 Å². The van der Waals surface area contributed by atoms with Crippen molar-refractivity contribution in [1.82, 2.24) is 20.3 Å². The van der Waals surface area contributed by atoms with Crippen molar-refractivity contribution < 1.29 is 9.53 Å². The lowest BCUT2D eigenvalue weighted by Crippen LogP contribution is -2.42. The van der Waals surface area contributed by atoms with Gasteiger partial charge in [-0.2, -0.15) is 4.98 Å². The number of amides is 1. The zero-order valence-electron chi connectivity index (χ0n) is 12.6. The van der Waals surface area contributed by atoms with Gasteiger partial charge in [-0.25, -0.2) is 4.79 Å². The zero-order chi connectivity index (χ0) is 15.0. The van der Waals surface area contributed by atoms with E-state index in [1.165, 1.54) is 12.0 Å². The van der Waals surface area contributed by atoms with Crippen LogP contribution in [0.1, 0.15) is 44.9 Å². The van der Waals surface area contributed by atoms with Crippen LogP contribution in [0.3, 0.4) is 0 Å². The summed E-state index contributed by atoms with van der Waals surface area (Å²) in [6, 6.07) is 0.215. The number of fused-ring (bicyclic) bond motifs is 3. The molecule has 21 heavy (non-hydrogen) atoms. The summed E-state index contributed by atoms with van der Waals surface area (Å²) in [4.78, 5) is 23.6. The normalized spacial score (nSPS) is 14.8. The van der Waals surface area contributed by atoms with Crippen LogP contribution in [0.2, 0.25) is 0 Å². The maximum Gasteiger partial charge on any atom is 0.415 e. The standard InChI is InChI=1S/C15H20N4O2/c1-15(2,3)19-14(20)21-13-17-11-8-16-10-7-5-4-6-9(10)12(11)18-13/h8H,4-7H2,1-3H3,(H,17,18)(H,19,20). The summed E-state index contributed by atoms with van der Waals surface area (Å²) in [5, 5.41) is 2.74. The Labute approximate surface area is 123 Å². The molecule has 112 valence electrons. The van der Waals surface area contributed by atoms with Crippen LogP contribution in [-0.4, -0.2) is 26.6 Å². The number of pyridine rings is 1. The molecule has 0 bridgehead atoms. The molecular weight excluding hydrogens is 268 g/mol. The van der Waals surface area contributed by atoms with Crippen molar-refractivity contribution in [2.45, 2.75) is 52.0 Å². The Morgan fingerprint density at radius 1 is 1.33 bits per heavy atom. The highest BCUT2D eigenvalue weighted by Crippen LogP contribution is 2.27. The molecule has 1 aliphatic carbocycles. The smallest absolute Gasteiger partial charge is 0.375 e. The first kappa shape index (κ1) is 13.9. The third-order valence-corrected chi connectivity index (χ3v) is 3.46. The van der Waals surface area contributed by atoms with Crippen molar-refractivity contribution in [3.63, 3.8) is 0 Å². The number of hydrogen-bond acceptors (Lipinski definition) is 4. The summed E-state index contributed by atoms with van der Waals surface area (Å²) in [5.74, 6) is 0. The van der Waals surface area contributed by atoms with Crippen molar-refractivity contribution >= 4 is 17.1 Å². The average Bonchev–Trinajstić information content (AvgIpc) is 2.79. The van der Waals surface area contributed by atoms with Crippen LogP contribution in [0.5, 0.6) is 6.01 Å². The number of nitrogens with zero attached hydrogens (tertiary/aromatic N) is 2. The second kappa shape index (κ2) is 5.02. The molecule has 0 saturated heterocycles. The number of ether oxygens (including phenoxy) is 1. The Morgan fingerprint density at radius 3 is 2.86 bits per heavy atom. The van der Waals surface area contributed by atoms with Gasteiger partial charge in [-0.1, -0.05) is 0 Å². The van der Waals surface area contributed by atoms with E-state index in [1.54, 1.807) is 6.20 Å². The van der Waals surface area contributed by atoms with Crippen LogP contribution in [0, 0.1) is 0 Å². The van der Waals surface area contributed by atoms with Gasteiger partial charge in [-0.3, -0.25) is 4.98 Å². The number of H-pyrrole nitrogens is 1. The van der Waals surface area contributed by atoms with Gasteiger partial charge in [-0.05, 0) is 52.0 Å². The Balaban J connectivity index is 1.86. The molecule has 2 aromatic rings. The van der Waals surface area contributed by atoms with E-state index >= 15 is 0 Å². The molecule has 2 N–H and O–H groups in total. The number of aryl methyl sites for hydroxylation is 2. The zero-order valence-corrected chi connectivity index (χ0v) is 12.6. The molecule has 0 radical (unpaired) electrons. The first-order valence-electron chi connectivity index (χ1n) is 7.29. The van der Waals surface area contributed by atoms with Gasteiger partial charge in [-0.15, -0.1) is 0 Å². The van der Waals surface area contributed by atoms with Crippen LogP contribution in [0.4, 0.5) is 4.79 Å². The van der Waals surface area contributed by atoms with Gasteiger partial charge in [0.25, 0.3) is 0 Å². The van der Waals surface area contributed by atoms with Crippen LogP contribution in [0.15, 0.2) is 6.20 Å². The molecule has 0 spiro atoms. The van der Waals surface area contributed by atoms with E-state index in [4.69, 9.17) is 4.74 Å². The van der Waals surface area contributed by atoms with E-state index in [9.17, 15) is 4.79 Å². The SMILES string of the molecule is CC(C)(C)NC(=O)Oc1nc2cnc3c(c2[nH]1)CCCC3. The van der Waals surface area contributed by atoms with Gasteiger partial charge in [0.1, 0.15) is 5.52 Å². The lowest BCUT2D eigenvalue weighted by atomic mass is 9.95. The van der Waals surface area contributed by atoms with E-state index in [1.807, 2.05) is 20.8 Å². The Hall–Kier alpha value is -2.11. The predicted octanol–water partition coefficient (Wildman–Crippen LogP) is 2.72. The molecule has 2 aromatic heterocycles. The maximum atomic E-state index is 11.8. The van der Waals surface area contributed by atoms with Crippen LogP contribution >= 0.6 is 0 Å². The summed E-state index contributed by atoms with van der Waals surface area (Å²) in [6.07, 6.45) is 5.57. The summed E-state index contributed by atoms with van der Waals surface area (Å²) in [7, 11) is 0. The second-order valence-corrected chi connectivity index (χ2v) is 6.46. The summed E-state index contributed by atoms with van der Waals surface area (Å²) < 4.78 is 5.22. The fourth-order valence-corrected chi connectivity index (χ4v) is 2.60. The number of rotatable bonds is 1. The predicted molar refractivity (Wildman–Crippen MR) is 79.4 cm³/mol. The van der Waals surface area contributed by atoms with Crippen LogP contribution < -0.4 is 10.1 Å². The Kier molecular flexibility index (Phi) is 3.31. The molecule has 0 saturated carbocycles. The molecule has 6 heteroatoms. The molecule has 0 atom stereocenters. The number of imidazole rings is 1. The van der Waals surface area contributed by atoms with E-state index < -0.39 is 6.09 Å². The number of aromatic nitrogens is 3. The fraction of sp³-hybridized carbons (Fsp3) is 0.533. The highest BCUT2D eigenvalue weighted by Gasteiger charge is 2.19. The molecular formula is C15H20N4O2. The Morgan fingerprint density at radius 2 is 2.10 bits per heavy atom. The number of nitrogens with one attached hydrogen (secondary N) is 2. The third kappa shape index (κ3) is 2.99. The lowest BCUT2D eigenvalue weighted by Gasteiger charge is -2.19. The summed E-state index contributed by atoms with van der Waals surface area (Å²) >= 11 is 0. The summed E-state index contributed by atoms with van der Waals surface area (Å²) in [5.41, 5.74) is 3.68. The van der Waals surface area contributed by atoms with Crippen LogP contribution in [-0.2, 0) is 12.8 Å². The minimum absolute atomic E-state index is 0.215. The molecule has 1 aliphatic rings. The van der Waals surface area contributed by atoms with Crippen molar-refractivity contribution in [2.24, 2.45) is 0 Å². The van der Waals surface area contributed by atoms with Gasteiger partial charge >= 0.3 is 12.1 Å². The first-order valence-corrected chi connectivity index (χ1v) is 7.29. The van der Waals surface area contributed by atoms with Crippen molar-refractivity contribution in [2.75, 3.05) is 0 Å². The molecule has 0 aliphatic heterocycles. The number of aromatic amines is 1. The largest absolute Gasteiger partial charge is 0.415 e. The lowest BCUT2D eigenvalue weighted by molar-refractivity contribution is 0.187. The molecule has 0 unspecified atom stereocenters. The molecule has 6 nitrogen and oxygen atoms in total. The van der Waals surface area contributed by atoms with Gasteiger partial charge < -0.3 is 15.0 Å². The quantitative estimate of drug-likeness (QED) is 0.845. The van der Waals surface area contributed by atoms with E-state index in [0.717, 1.165) is 36.0 Å². The van der Waals surface area contributed by atoms with Crippen LogP contribution in [0.25, 0.3) is 11.0 Å². The van der Waals surface area contributed by atoms with Gasteiger partial charge in [0.05, 0.1) is 11.7 Å². The van der Waals surface area contributed by atoms with Crippen molar-refractivity contribution in [3.05, 3.63) is 17.5 Å². The minimum atomic E-state index is -0.511. The Bertz CT molecular complexity index is 685. The first-order chi connectivity index (χ1) is 9.92. The van der Waals surface area contributed by atoms with E-state index in [2.05, 4.69) is 20.3 Å². The van der Waals surface area contributed by atoms with Gasteiger partial charge in [0, 0.05) is 11.2 Å². The molecule has 3 rings (SSSR count). The molecule has 1 amide bonds. The van der Waals surface area contributed by atoms with E-state index in [-0.39, 0.29) is 11.5 Å².